The van der Waals surface area contributed by atoms with Gasteiger partial charge in [-0.2, -0.15) is 0 Å². The molecule has 1 amide bonds. The van der Waals surface area contributed by atoms with Gasteiger partial charge in [-0.3, -0.25) is 4.79 Å². The summed E-state index contributed by atoms with van der Waals surface area (Å²) in [6.07, 6.45) is 2.41. The summed E-state index contributed by atoms with van der Waals surface area (Å²) in [7, 11) is 0. The van der Waals surface area contributed by atoms with Gasteiger partial charge >= 0.3 is 0 Å². The second kappa shape index (κ2) is 25.6. The average molecular weight is 840 g/mol. The van der Waals surface area contributed by atoms with Crippen molar-refractivity contribution in [2.24, 2.45) is 5.73 Å². The lowest BCUT2D eigenvalue weighted by Crippen LogP contribution is -2.30. The zero-order valence-electron chi connectivity index (χ0n) is 36.2. The Morgan fingerprint density at radius 1 is 0.738 bits per heavy atom. The molecule has 0 unspecified atom stereocenters. The zero-order valence-corrected chi connectivity index (χ0v) is 36.2. The lowest BCUT2D eigenvalue weighted by Gasteiger charge is -2.20. The Morgan fingerprint density at radius 2 is 1.36 bits per heavy atom. The highest BCUT2D eigenvalue weighted by Gasteiger charge is 2.20. The number of nitrogens with two attached hydrogens (primary N) is 1. The molecule has 328 valence electrons. The number of carbonyl (C=O) groups is 1. The number of aryl methyl sites for hydroxylation is 4. The van der Waals surface area contributed by atoms with Gasteiger partial charge in [-0.15, -0.1) is 0 Å². The molecule has 12 nitrogen and oxygen atoms in total. The Bertz CT molecular complexity index is 2080. The molecule has 3 N–H and O–H groups in total. The molecule has 0 aliphatic heterocycles. The molecule has 0 atom stereocenters. The molecule has 2 aromatic heterocycles. The maximum absolute atomic E-state index is 13.2. The predicted molar refractivity (Wildman–Crippen MR) is 237 cm³/mol. The van der Waals surface area contributed by atoms with Crippen LogP contribution in [0.4, 0.5) is 4.39 Å². The first-order chi connectivity index (χ1) is 29.7. The summed E-state index contributed by atoms with van der Waals surface area (Å²) in [6, 6.07) is 24.4. The number of furan rings is 1. The Kier molecular flexibility index (Phi) is 19.6. The molecule has 0 bridgehead atoms. The van der Waals surface area contributed by atoms with Crippen LogP contribution in [-0.4, -0.2) is 99.9 Å². The topological polar surface area (TPSA) is 143 Å². The largest absolute Gasteiger partial charge is 0.494 e. The summed E-state index contributed by atoms with van der Waals surface area (Å²) in [5.74, 6) is 1.88. The molecule has 3 aromatic carbocycles. The minimum Gasteiger partial charge on any atom is -0.494 e. The number of rotatable bonds is 28. The van der Waals surface area contributed by atoms with Crippen LogP contribution in [-0.2, 0) is 43.1 Å². The molecule has 0 saturated carbocycles. The fraction of sp³-hybridized carbons (Fsp3) is 0.438. The predicted octanol–water partition coefficient (Wildman–Crippen LogP) is 7.47. The lowest BCUT2D eigenvalue weighted by molar-refractivity contribution is -0.129. The number of ether oxygens (including phenoxy) is 5. The fourth-order valence-electron chi connectivity index (χ4n) is 6.67. The molecule has 5 aromatic rings. The molecule has 0 aliphatic carbocycles. The maximum Gasteiger partial charge on any atom is 0.227 e. The van der Waals surface area contributed by atoms with Crippen LogP contribution >= 0.6 is 0 Å². The first-order valence-corrected chi connectivity index (χ1v) is 21.3. The normalized spacial score (nSPS) is 11.9. The number of hydrogen-bond donors (Lipinski definition) is 2. The van der Waals surface area contributed by atoms with E-state index < -0.39 is 0 Å². The number of aromatic nitrogens is 2. The van der Waals surface area contributed by atoms with Gasteiger partial charge in [0.15, 0.2) is 5.82 Å². The Labute approximate surface area is 359 Å². The van der Waals surface area contributed by atoms with Crippen LogP contribution < -0.4 is 15.8 Å². The van der Waals surface area contributed by atoms with Crippen LogP contribution in [0.2, 0.25) is 0 Å². The van der Waals surface area contributed by atoms with E-state index in [0.29, 0.717) is 89.6 Å². The van der Waals surface area contributed by atoms with Gasteiger partial charge in [0.1, 0.15) is 22.9 Å². The number of hydrogen-bond acceptors (Lipinski definition) is 11. The number of amides is 1. The summed E-state index contributed by atoms with van der Waals surface area (Å²) in [4.78, 5) is 24.1. The van der Waals surface area contributed by atoms with E-state index in [2.05, 4.69) is 39.6 Å². The second-order valence-corrected chi connectivity index (χ2v) is 14.7. The first-order valence-electron chi connectivity index (χ1n) is 21.3. The third-order valence-electron chi connectivity index (χ3n) is 9.97. The Morgan fingerprint density at radius 3 is 2.02 bits per heavy atom. The summed E-state index contributed by atoms with van der Waals surface area (Å²) in [5.41, 5.74) is 13.3. The Balaban J connectivity index is 0.856. The van der Waals surface area contributed by atoms with Crippen molar-refractivity contribution < 1.29 is 37.3 Å². The van der Waals surface area contributed by atoms with E-state index in [1.165, 1.54) is 12.1 Å². The fourth-order valence-corrected chi connectivity index (χ4v) is 6.67. The molecule has 0 spiro atoms. The molecule has 0 saturated heterocycles. The quantitative estimate of drug-likeness (QED) is 0.0485. The third kappa shape index (κ3) is 16.0. The van der Waals surface area contributed by atoms with Crippen LogP contribution in [0.15, 0.2) is 83.3 Å². The summed E-state index contributed by atoms with van der Waals surface area (Å²) >= 11 is 0. The number of nitrogens with one attached hydrogen (secondary N) is 1. The van der Waals surface area contributed by atoms with Gasteiger partial charge in [-0.25, -0.2) is 14.4 Å². The monoisotopic (exact) mass is 839 g/mol. The van der Waals surface area contributed by atoms with Crippen LogP contribution in [0, 0.1) is 19.7 Å². The standard InChI is InChI=1S/C48H62FN5O7/c1-5-54(6-2)46(55)33-44(48-52-35(3)30-36(4)53-48)47(50)39-13-18-42(19-14-39)60-22-7-21-56-24-26-58-28-29-59-27-25-57-23-20-51-34-38-8-12-40-32-43(61-45(40)31-38)17-11-37-9-15-41(49)16-10-37/h8-10,12-16,18-19,30-32,51H,5-7,11,17,20-29,33-34,50H2,1-4H3/b47-44-. The zero-order chi connectivity index (χ0) is 43.2. The molecule has 2 heterocycles. The van der Waals surface area contributed by atoms with Gasteiger partial charge in [0.2, 0.25) is 5.91 Å². The van der Waals surface area contributed by atoms with Gasteiger partial charge in [0.05, 0.1) is 59.3 Å². The minimum atomic E-state index is -0.219. The number of benzene rings is 3. The molecule has 0 fully saturated rings. The highest BCUT2D eigenvalue weighted by molar-refractivity contribution is 5.97. The van der Waals surface area contributed by atoms with Crippen LogP contribution in [0.1, 0.15) is 66.4 Å². The van der Waals surface area contributed by atoms with E-state index in [1.54, 1.807) is 4.90 Å². The minimum absolute atomic E-state index is 0.0166. The third-order valence-corrected chi connectivity index (χ3v) is 9.97. The summed E-state index contributed by atoms with van der Waals surface area (Å²) in [6.45, 7) is 15.1. The van der Waals surface area contributed by atoms with E-state index in [-0.39, 0.29) is 18.1 Å². The number of halogens is 1. The summed E-state index contributed by atoms with van der Waals surface area (Å²) in [5, 5.41) is 4.49. The van der Waals surface area contributed by atoms with E-state index in [9.17, 15) is 9.18 Å². The van der Waals surface area contributed by atoms with Crippen LogP contribution in [0.5, 0.6) is 5.75 Å². The molecule has 61 heavy (non-hydrogen) atoms. The number of nitrogens with zero attached hydrogens (tertiary/aromatic N) is 3. The lowest BCUT2D eigenvalue weighted by atomic mass is 10.0. The molecule has 13 heteroatoms. The Hall–Kier alpha value is -5.18. The SMILES string of the molecule is CCN(CC)C(=O)C/C(=C(/N)c1ccc(OCCCOCCOCCOCCOCCNCc2ccc3cc(CCc4ccc(F)cc4)oc3c2)cc1)c1nc(C)cc(C)n1. The molecular weight excluding hydrogens is 778 g/mol. The summed E-state index contributed by atoms with van der Waals surface area (Å²) < 4.78 is 47.7. The van der Waals surface area contributed by atoms with Gasteiger partial charge in [-0.05, 0) is 105 Å². The van der Waals surface area contributed by atoms with Gasteiger partial charge in [-0.1, -0.05) is 24.3 Å². The molecule has 0 radical (unpaired) electrons. The highest BCUT2D eigenvalue weighted by Crippen LogP contribution is 2.27. The van der Waals surface area contributed by atoms with Crippen molar-refractivity contribution in [1.29, 1.82) is 0 Å². The van der Waals surface area contributed by atoms with Gasteiger partial charge in [0.25, 0.3) is 0 Å². The van der Waals surface area contributed by atoms with Crippen molar-refractivity contribution in [3.63, 3.8) is 0 Å². The smallest absolute Gasteiger partial charge is 0.227 e. The second-order valence-electron chi connectivity index (χ2n) is 14.7. The molecule has 0 aliphatic rings. The van der Waals surface area contributed by atoms with Gasteiger partial charge < -0.3 is 44.1 Å². The number of fused-ring (bicyclic) bond motifs is 1. The van der Waals surface area contributed by atoms with Crippen molar-refractivity contribution in [2.75, 3.05) is 79.1 Å². The number of carbonyl (C=O) groups excluding carboxylic acids is 1. The highest BCUT2D eigenvalue weighted by atomic mass is 19.1. The van der Waals surface area contributed by atoms with Crippen LogP contribution in [0.25, 0.3) is 22.2 Å². The average Bonchev–Trinajstić information content (AvgIpc) is 3.67. The van der Waals surface area contributed by atoms with Crippen molar-refractivity contribution in [3.05, 3.63) is 124 Å². The van der Waals surface area contributed by atoms with Crippen LogP contribution in [0.3, 0.4) is 0 Å². The van der Waals surface area contributed by atoms with E-state index in [0.717, 1.165) is 82.9 Å². The molecular formula is C48H62FN5O7. The maximum atomic E-state index is 13.2. The molecule has 5 rings (SSSR count). The van der Waals surface area contributed by atoms with E-state index >= 15 is 0 Å². The van der Waals surface area contributed by atoms with Crippen molar-refractivity contribution in [1.82, 2.24) is 20.2 Å². The van der Waals surface area contributed by atoms with Gasteiger partial charge in [0, 0.05) is 73.7 Å². The van der Waals surface area contributed by atoms with Crippen molar-refractivity contribution in [3.8, 4) is 5.75 Å². The van der Waals surface area contributed by atoms with Crippen molar-refractivity contribution >= 4 is 28.1 Å². The van der Waals surface area contributed by atoms with E-state index in [1.807, 2.05) is 70.2 Å². The van der Waals surface area contributed by atoms with E-state index in [4.69, 9.17) is 33.8 Å². The van der Waals surface area contributed by atoms with Crippen molar-refractivity contribution in [2.45, 2.75) is 59.9 Å². The first kappa shape index (κ1) is 46.9.